The molecule has 3 heteroatoms. The van der Waals surface area contributed by atoms with Gasteiger partial charge in [-0.2, -0.15) is 0 Å². The molecule has 0 radical (unpaired) electrons. The summed E-state index contributed by atoms with van der Waals surface area (Å²) in [6, 6.07) is 8.36. The summed E-state index contributed by atoms with van der Waals surface area (Å²) in [7, 11) is -1.49. The summed E-state index contributed by atoms with van der Waals surface area (Å²) >= 11 is 0. The molecular formula is C19H29NOSi. The number of aromatic nitrogens is 1. The third-order valence-corrected chi connectivity index (χ3v) is 7.24. The molecular weight excluding hydrogens is 286 g/mol. The van der Waals surface area contributed by atoms with Crippen LogP contribution in [-0.4, -0.2) is 18.5 Å². The molecule has 1 heterocycles. The molecule has 0 bridgehead atoms. The standard InChI is InChI=1S/C19H29NOSi/c1-7-19(8-2,9-3)18(21)20-14-17(22(4,5)6)15-12-10-11-13-16(15)20/h10-14H,7-9H2,1-6H3. The second kappa shape index (κ2) is 6.03. The van der Waals surface area contributed by atoms with Crippen molar-refractivity contribution in [2.45, 2.75) is 59.7 Å². The number of para-hydroxylation sites is 1. The first-order valence-electron chi connectivity index (χ1n) is 8.46. The van der Waals surface area contributed by atoms with Crippen LogP contribution in [0.2, 0.25) is 19.6 Å². The molecule has 0 saturated carbocycles. The van der Waals surface area contributed by atoms with Crippen LogP contribution in [-0.2, 0) is 0 Å². The van der Waals surface area contributed by atoms with Crippen molar-refractivity contribution in [2.24, 2.45) is 5.41 Å². The van der Waals surface area contributed by atoms with Crippen LogP contribution in [0.5, 0.6) is 0 Å². The monoisotopic (exact) mass is 315 g/mol. The zero-order valence-corrected chi connectivity index (χ0v) is 15.9. The fourth-order valence-corrected chi connectivity index (χ4v) is 4.94. The highest BCUT2D eigenvalue weighted by atomic mass is 28.3. The number of nitrogens with zero attached hydrogens (tertiary/aromatic N) is 1. The van der Waals surface area contributed by atoms with Gasteiger partial charge >= 0.3 is 0 Å². The molecule has 2 rings (SSSR count). The second-order valence-electron chi connectivity index (χ2n) is 7.33. The minimum Gasteiger partial charge on any atom is -0.287 e. The molecule has 1 aromatic carbocycles. The van der Waals surface area contributed by atoms with Crippen LogP contribution in [0.25, 0.3) is 10.9 Å². The molecule has 0 aliphatic heterocycles. The first kappa shape index (κ1) is 17.0. The third-order valence-electron chi connectivity index (χ3n) is 5.22. The van der Waals surface area contributed by atoms with Crippen molar-refractivity contribution >= 4 is 30.1 Å². The summed E-state index contributed by atoms with van der Waals surface area (Å²) < 4.78 is 1.94. The molecule has 0 unspecified atom stereocenters. The van der Waals surface area contributed by atoms with E-state index in [0.717, 1.165) is 24.8 Å². The molecule has 0 fully saturated rings. The van der Waals surface area contributed by atoms with Crippen molar-refractivity contribution in [1.82, 2.24) is 4.57 Å². The number of carbonyl (C=O) groups excluding carboxylic acids is 1. The molecule has 0 amide bonds. The number of fused-ring (bicyclic) bond motifs is 1. The van der Waals surface area contributed by atoms with E-state index in [0.29, 0.717) is 0 Å². The quantitative estimate of drug-likeness (QED) is 0.708. The number of hydrogen-bond acceptors (Lipinski definition) is 1. The average molecular weight is 316 g/mol. The van der Waals surface area contributed by atoms with Gasteiger partial charge in [0.15, 0.2) is 0 Å². The van der Waals surface area contributed by atoms with E-state index in [1.807, 2.05) is 10.6 Å². The smallest absolute Gasteiger partial charge is 0.237 e. The normalized spacial score (nSPS) is 12.8. The van der Waals surface area contributed by atoms with Gasteiger partial charge in [0.2, 0.25) is 5.91 Å². The van der Waals surface area contributed by atoms with Gasteiger partial charge in [-0.3, -0.25) is 9.36 Å². The first-order chi connectivity index (χ1) is 10.3. The lowest BCUT2D eigenvalue weighted by atomic mass is 9.79. The lowest BCUT2D eigenvalue weighted by molar-refractivity contribution is 0.0675. The van der Waals surface area contributed by atoms with E-state index in [2.05, 4.69) is 64.8 Å². The summed E-state index contributed by atoms with van der Waals surface area (Å²) in [5.41, 5.74) is 0.836. The molecule has 0 saturated heterocycles. The molecule has 22 heavy (non-hydrogen) atoms. The fourth-order valence-electron chi connectivity index (χ4n) is 3.40. The Labute approximate surface area is 135 Å². The third kappa shape index (κ3) is 2.67. The maximum absolute atomic E-state index is 13.3. The van der Waals surface area contributed by atoms with E-state index in [-0.39, 0.29) is 11.3 Å². The second-order valence-corrected chi connectivity index (χ2v) is 12.4. The molecule has 2 nitrogen and oxygen atoms in total. The molecule has 120 valence electrons. The number of hydrogen-bond donors (Lipinski definition) is 0. The van der Waals surface area contributed by atoms with Gasteiger partial charge in [0.25, 0.3) is 0 Å². The zero-order valence-electron chi connectivity index (χ0n) is 14.9. The summed E-state index contributed by atoms with van der Waals surface area (Å²) in [5, 5.41) is 2.64. The Bertz CT molecular complexity index is 666. The lowest BCUT2D eigenvalue weighted by Crippen LogP contribution is -2.38. The van der Waals surface area contributed by atoms with Crippen LogP contribution in [0.4, 0.5) is 0 Å². The predicted molar refractivity (Wildman–Crippen MR) is 98.9 cm³/mol. The van der Waals surface area contributed by atoms with E-state index in [4.69, 9.17) is 0 Å². The van der Waals surface area contributed by atoms with E-state index >= 15 is 0 Å². The van der Waals surface area contributed by atoms with Crippen molar-refractivity contribution in [3.63, 3.8) is 0 Å². The van der Waals surface area contributed by atoms with Crippen molar-refractivity contribution in [3.8, 4) is 0 Å². The Morgan fingerprint density at radius 3 is 2.09 bits per heavy atom. The van der Waals surface area contributed by atoms with Crippen molar-refractivity contribution in [1.29, 1.82) is 0 Å². The number of rotatable bonds is 5. The predicted octanol–water partition coefficient (Wildman–Crippen LogP) is 5.04. The molecule has 0 aliphatic rings. The molecule has 0 aliphatic carbocycles. The Hall–Kier alpha value is -1.35. The van der Waals surface area contributed by atoms with E-state index in [1.165, 1.54) is 10.6 Å². The highest BCUT2D eigenvalue weighted by Gasteiger charge is 2.35. The zero-order chi connectivity index (χ0) is 16.5. The van der Waals surface area contributed by atoms with E-state index in [9.17, 15) is 4.79 Å². The minimum absolute atomic E-state index is 0.238. The maximum Gasteiger partial charge on any atom is 0.237 e. The van der Waals surface area contributed by atoms with Gasteiger partial charge in [-0.05, 0) is 35.9 Å². The molecule has 1 aromatic heterocycles. The van der Waals surface area contributed by atoms with Gasteiger partial charge in [-0.1, -0.05) is 58.6 Å². The molecule has 0 spiro atoms. The molecule has 0 atom stereocenters. The summed E-state index contributed by atoms with van der Waals surface area (Å²) in [6.45, 7) is 13.4. The summed E-state index contributed by atoms with van der Waals surface area (Å²) in [5.74, 6) is 0.265. The van der Waals surface area contributed by atoms with E-state index < -0.39 is 8.07 Å². The van der Waals surface area contributed by atoms with Crippen LogP contribution >= 0.6 is 0 Å². The Morgan fingerprint density at radius 1 is 1.05 bits per heavy atom. The first-order valence-corrected chi connectivity index (χ1v) is 12.0. The maximum atomic E-state index is 13.3. The lowest BCUT2D eigenvalue weighted by Gasteiger charge is -2.29. The van der Waals surface area contributed by atoms with Crippen LogP contribution in [0.1, 0.15) is 44.8 Å². The highest BCUT2D eigenvalue weighted by Crippen LogP contribution is 2.33. The van der Waals surface area contributed by atoms with Crippen molar-refractivity contribution in [3.05, 3.63) is 30.5 Å². The highest BCUT2D eigenvalue weighted by molar-refractivity contribution is 6.90. The average Bonchev–Trinajstić information content (AvgIpc) is 2.89. The van der Waals surface area contributed by atoms with Gasteiger partial charge in [0.05, 0.1) is 13.6 Å². The van der Waals surface area contributed by atoms with Crippen LogP contribution in [0, 0.1) is 5.41 Å². The van der Waals surface area contributed by atoms with Crippen LogP contribution in [0.15, 0.2) is 30.5 Å². The van der Waals surface area contributed by atoms with E-state index in [1.54, 1.807) is 0 Å². The largest absolute Gasteiger partial charge is 0.287 e. The van der Waals surface area contributed by atoms with Gasteiger partial charge < -0.3 is 0 Å². The van der Waals surface area contributed by atoms with Crippen molar-refractivity contribution < 1.29 is 4.79 Å². The van der Waals surface area contributed by atoms with Gasteiger partial charge in [-0.25, -0.2) is 0 Å². The Balaban J connectivity index is 2.69. The van der Waals surface area contributed by atoms with Crippen molar-refractivity contribution in [2.75, 3.05) is 0 Å². The topological polar surface area (TPSA) is 22.0 Å². The SMILES string of the molecule is CCC(CC)(CC)C(=O)n1cc([Si](C)(C)C)c2ccccc21. The van der Waals surface area contributed by atoms with Crippen LogP contribution < -0.4 is 5.19 Å². The van der Waals surface area contributed by atoms with Gasteiger partial charge in [-0.15, -0.1) is 0 Å². The molecule has 0 N–H and O–H groups in total. The summed E-state index contributed by atoms with van der Waals surface area (Å²) in [4.78, 5) is 13.3. The summed E-state index contributed by atoms with van der Waals surface area (Å²) in [6.07, 6.45) is 4.82. The van der Waals surface area contributed by atoms with Gasteiger partial charge in [0.1, 0.15) is 0 Å². The van der Waals surface area contributed by atoms with Gasteiger partial charge in [0, 0.05) is 11.6 Å². The minimum atomic E-state index is -1.49. The Kier molecular flexibility index (Phi) is 4.66. The number of carbonyl (C=O) groups is 1. The Morgan fingerprint density at radius 2 is 1.59 bits per heavy atom. The fraction of sp³-hybridized carbons (Fsp3) is 0.526. The van der Waals surface area contributed by atoms with Crippen LogP contribution in [0.3, 0.4) is 0 Å². The number of benzene rings is 1. The molecule has 2 aromatic rings.